The third-order valence-corrected chi connectivity index (χ3v) is 2.65. The topological polar surface area (TPSA) is 84.2 Å². The highest BCUT2D eigenvalue weighted by Crippen LogP contribution is 2.14. The van der Waals surface area contributed by atoms with Crippen LogP contribution in [0.15, 0.2) is 24.3 Å². The molecule has 0 saturated heterocycles. The molecule has 21 heavy (non-hydrogen) atoms. The number of carbonyl (C=O) groups excluding carboxylic acids is 2. The molecule has 0 spiro atoms. The van der Waals surface area contributed by atoms with Crippen LogP contribution in [-0.4, -0.2) is 18.4 Å². The molecule has 6 heteroatoms. The predicted molar refractivity (Wildman–Crippen MR) is 88.7 cm³/mol. The second kappa shape index (κ2) is 10.2. The van der Waals surface area contributed by atoms with Crippen LogP contribution in [0.25, 0.3) is 0 Å². The molecular weight excluding hydrogens is 290 g/mol. The lowest BCUT2D eigenvalue weighted by atomic mass is 10.1. The van der Waals surface area contributed by atoms with Gasteiger partial charge in [-0.3, -0.25) is 9.59 Å². The first kappa shape index (κ1) is 19.4. The summed E-state index contributed by atoms with van der Waals surface area (Å²) in [6.07, 6.45) is 1.59. The summed E-state index contributed by atoms with van der Waals surface area (Å²) in [4.78, 5) is 23.1. The molecule has 0 aliphatic carbocycles. The Bertz CT molecular complexity index is 447. The second-order valence-corrected chi connectivity index (χ2v) is 5.16. The molecule has 0 aliphatic rings. The van der Waals surface area contributed by atoms with Crippen molar-refractivity contribution >= 4 is 35.6 Å². The maximum Gasteiger partial charge on any atom is 0.224 e. The smallest absolute Gasteiger partial charge is 0.224 e. The van der Waals surface area contributed by atoms with E-state index in [-0.39, 0.29) is 24.2 Å². The quantitative estimate of drug-likeness (QED) is 0.723. The van der Waals surface area contributed by atoms with Gasteiger partial charge in [-0.2, -0.15) is 0 Å². The zero-order valence-corrected chi connectivity index (χ0v) is 13.3. The highest BCUT2D eigenvalue weighted by Gasteiger charge is 2.06. The molecule has 0 radical (unpaired) electrons. The number of amides is 2. The van der Waals surface area contributed by atoms with Gasteiger partial charge in [0.2, 0.25) is 11.8 Å². The summed E-state index contributed by atoms with van der Waals surface area (Å²) in [5.74, 6) is 0.280. The Morgan fingerprint density at radius 3 is 1.95 bits per heavy atom. The molecular formula is C15H24ClN3O2. The number of nitrogens with one attached hydrogen (secondary N) is 2. The molecule has 1 aromatic carbocycles. The van der Waals surface area contributed by atoms with Crippen LogP contribution in [0.3, 0.4) is 0 Å². The Balaban J connectivity index is 0.00000400. The lowest BCUT2D eigenvalue weighted by Gasteiger charge is -2.09. The van der Waals surface area contributed by atoms with Crippen molar-refractivity contribution in [2.24, 2.45) is 11.7 Å². The lowest BCUT2D eigenvalue weighted by molar-refractivity contribution is -0.117. The molecule has 0 bridgehead atoms. The average Bonchev–Trinajstić information content (AvgIpc) is 2.37. The van der Waals surface area contributed by atoms with Crippen LogP contribution >= 0.6 is 12.4 Å². The van der Waals surface area contributed by atoms with Crippen molar-refractivity contribution in [3.8, 4) is 0 Å². The van der Waals surface area contributed by atoms with Crippen LogP contribution in [-0.2, 0) is 9.59 Å². The highest BCUT2D eigenvalue weighted by molar-refractivity contribution is 5.93. The molecule has 0 aliphatic heterocycles. The van der Waals surface area contributed by atoms with Crippen LogP contribution in [0.4, 0.5) is 11.4 Å². The van der Waals surface area contributed by atoms with Crippen molar-refractivity contribution in [1.29, 1.82) is 0 Å². The first-order valence-corrected chi connectivity index (χ1v) is 6.91. The van der Waals surface area contributed by atoms with Crippen LogP contribution in [0.5, 0.6) is 0 Å². The molecule has 2 amide bonds. The number of hydrogen-bond acceptors (Lipinski definition) is 3. The van der Waals surface area contributed by atoms with Gasteiger partial charge >= 0.3 is 0 Å². The normalized spacial score (nSPS) is 9.90. The monoisotopic (exact) mass is 313 g/mol. The Kier molecular flexibility index (Phi) is 9.41. The molecule has 0 unspecified atom stereocenters. The SMILES string of the molecule is CC(C)CC(=O)Nc1ccc(NC(=O)CCCN)cc1.Cl. The first-order chi connectivity index (χ1) is 9.51. The summed E-state index contributed by atoms with van der Waals surface area (Å²) in [6.45, 7) is 4.51. The molecule has 0 atom stereocenters. The number of nitrogens with two attached hydrogens (primary N) is 1. The maximum atomic E-state index is 11.6. The van der Waals surface area contributed by atoms with Gasteiger partial charge in [-0.25, -0.2) is 0 Å². The van der Waals surface area contributed by atoms with E-state index in [2.05, 4.69) is 10.6 Å². The van der Waals surface area contributed by atoms with Gasteiger partial charge in [0.25, 0.3) is 0 Å². The van der Waals surface area contributed by atoms with E-state index < -0.39 is 0 Å². The Labute approximate surface area is 132 Å². The molecule has 4 N–H and O–H groups in total. The predicted octanol–water partition coefficient (Wildman–Crippen LogP) is 2.77. The summed E-state index contributed by atoms with van der Waals surface area (Å²) in [6, 6.07) is 7.09. The van der Waals surface area contributed by atoms with Gasteiger partial charge in [-0.15, -0.1) is 12.4 Å². The fourth-order valence-electron chi connectivity index (χ4n) is 1.71. The molecule has 0 heterocycles. The summed E-state index contributed by atoms with van der Waals surface area (Å²) >= 11 is 0. The van der Waals surface area contributed by atoms with Crippen LogP contribution in [0.2, 0.25) is 0 Å². The summed E-state index contributed by atoms with van der Waals surface area (Å²) in [5.41, 5.74) is 6.80. The van der Waals surface area contributed by atoms with Crippen molar-refractivity contribution in [3.63, 3.8) is 0 Å². The average molecular weight is 314 g/mol. The van der Waals surface area contributed by atoms with Crippen molar-refractivity contribution < 1.29 is 9.59 Å². The summed E-state index contributed by atoms with van der Waals surface area (Å²) < 4.78 is 0. The Hall–Kier alpha value is -1.59. The van der Waals surface area contributed by atoms with Crippen molar-refractivity contribution in [1.82, 2.24) is 0 Å². The highest BCUT2D eigenvalue weighted by atomic mass is 35.5. The lowest BCUT2D eigenvalue weighted by Crippen LogP contribution is -2.14. The number of anilines is 2. The molecule has 0 aromatic heterocycles. The van der Waals surface area contributed by atoms with E-state index in [1.807, 2.05) is 13.8 Å². The zero-order chi connectivity index (χ0) is 15.0. The minimum absolute atomic E-state index is 0. The van der Waals surface area contributed by atoms with Gasteiger partial charge in [-0.05, 0) is 43.1 Å². The number of hydrogen-bond donors (Lipinski definition) is 3. The van der Waals surface area contributed by atoms with E-state index in [0.29, 0.717) is 37.4 Å². The molecule has 0 saturated carbocycles. The summed E-state index contributed by atoms with van der Waals surface area (Å²) in [5, 5.41) is 5.60. The number of carbonyl (C=O) groups is 2. The number of rotatable bonds is 7. The van der Waals surface area contributed by atoms with Gasteiger partial charge in [0.05, 0.1) is 0 Å². The molecule has 118 valence electrons. The van der Waals surface area contributed by atoms with Crippen molar-refractivity contribution in [2.75, 3.05) is 17.2 Å². The van der Waals surface area contributed by atoms with E-state index in [1.165, 1.54) is 0 Å². The van der Waals surface area contributed by atoms with Gasteiger partial charge in [0, 0.05) is 24.2 Å². The van der Waals surface area contributed by atoms with Gasteiger partial charge < -0.3 is 16.4 Å². The van der Waals surface area contributed by atoms with Crippen molar-refractivity contribution in [3.05, 3.63) is 24.3 Å². The van der Waals surface area contributed by atoms with E-state index in [9.17, 15) is 9.59 Å². The Morgan fingerprint density at radius 1 is 1.05 bits per heavy atom. The third-order valence-electron chi connectivity index (χ3n) is 2.65. The largest absolute Gasteiger partial charge is 0.330 e. The van der Waals surface area contributed by atoms with E-state index in [4.69, 9.17) is 5.73 Å². The van der Waals surface area contributed by atoms with E-state index in [1.54, 1.807) is 24.3 Å². The fourth-order valence-corrected chi connectivity index (χ4v) is 1.71. The maximum absolute atomic E-state index is 11.6. The molecule has 0 fully saturated rings. The van der Waals surface area contributed by atoms with Crippen LogP contribution in [0.1, 0.15) is 33.1 Å². The standard InChI is InChI=1S/C15H23N3O2.ClH/c1-11(2)10-15(20)18-13-7-5-12(6-8-13)17-14(19)4-3-9-16;/h5-8,11H,3-4,9-10,16H2,1-2H3,(H,17,19)(H,18,20);1H. The van der Waals surface area contributed by atoms with Gasteiger partial charge in [0.15, 0.2) is 0 Å². The zero-order valence-electron chi connectivity index (χ0n) is 12.5. The van der Waals surface area contributed by atoms with E-state index in [0.717, 1.165) is 5.69 Å². The molecule has 5 nitrogen and oxygen atoms in total. The number of benzene rings is 1. The minimum Gasteiger partial charge on any atom is -0.330 e. The third kappa shape index (κ3) is 8.32. The van der Waals surface area contributed by atoms with Crippen LogP contribution in [0, 0.1) is 5.92 Å². The fraction of sp³-hybridized carbons (Fsp3) is 0.467. The summed E-state index contributed by atoms with van der Waals surface area (Å²) in [7, 11) is 0. The van der Waals surface area contributed by atoms with Gasteiger partial charge in [0.1, 0.15) is 0 Å². The molecule has 1 rings (SSSR count). The van der Waals surface area contributed by atoms with E-state index >= 15 is 0 Å². The van der Waals surface area contributed by atoms with Crippen LogP contribution < -0.4 is 16.4 Å². The van der Waals surface area contributed by atoms with Crippen molar-refractivity contribution in [2.45, 2.75) is 33.1 Å². The number of halogens is 1. The van der Waals surface area contributed by atoms with Gasteiger partial charge in [-0.1, -0.05) is 13.8 Å². The molecule has 1 aromatic rings. The minimum atomic E-state index is -0.0490. The second-order valence-electron chi connectivity index (χ2n) is 5.16. The Morgan fingerprint density at radius 2 is 1.52 bits per heavy atom. The first-order valence-electron chi connectivity index (χ1n) is 6.91.